The molecule has 17 heavy (non-hydrogen) atoms. The summed E-state index contributed by atoms with van der Waals surface area (Å²) in [5.41, 5.74) is 0. The van der Waals surface area contributed by atoms with E-state index in [0.717, 1.165) is 11.8 Å². The maximum atomic E-state index is 3.36. The molecule has 2 rings (SSSR count). The van der Waals surface area contributed by atoms with E-state index in [-0.39, 0.29) is 0 Å². The highest BCUT2D eigenvalue weighted by Crippen LogP contribution is 2.50. The summed E-state index contributed by atoms with van der Waals surface area (Å²) in [5, 5.41) is 0.586. The Balaban J connectivity index is 2.05. The molecule has 0 N–H and O–H groups in total. The Morgan fingerprint density at radius 1 is 0.765 bits per heavy atom. The quantitative estimate of drug-likeness (QED) is 0.630. The van der Waals surface area contributed by atoms with Gasteiger partial charge in [0, 0.05) is 0 Å². The summed E-state index contributed by atoms with van der Waals surface area (Å²) >= 11 is 0. The van der Waals surface area contributed by atoms with Crippen LogP contribution in [-0.2, 0) is 0 Å². The summed E-state index contributed by atoms with van der Waals surface area (Å²) in [4.78, 5) is 0. The summed E-state index contributed by atoms with van der Waals surface area (Å²) in [5.74, 6) is 2.01. The lowest BCUT2D eigenvalue weighted by atomic mass is 9.68. The Labute approximate surface area is 112 Å². The van der Waals surface area contributed by atoms with Gasteiger partial charge in [0.1, 0.15) is 0 Å². The van der Waals surface area contributed by atoms with Gasteiger partial charge < -0.3 is 0 Å². The van der Waals surface area contributed by atoms with Gasteiger partial charge in [-0.15, -0.1) is 18.5 Å². The molecule has 0 nitrogen and oxygen atoms in total. The van der Waals surface area contributed by atoms with Crippen molar-refractivity contribution in [3.63, 3.8) is 0 Å². The van der Waals surface area contributed by atoms with E-state index >= 15 is 0 Å². The molecule has 100 valence electrons. The van der Waals surface area contributed by atoms with Crippen LogP contribution in [0.3, 0.4) is 0 Å². The van der Waals surface area contributed by atoms with Crippen LogP contribution in [0, 0.1) is 11.8 Å². The number of hydrogen-bond acceptors (Lipinski definition) is 0. The van der Waals surface area contributed by atoms with E-state index in [1.54, 1.807) is 0 Å². The molecule has 2 aliphatic rings. The molecule has 0 radical (unpaired) electrons. The maximum absolute atomic E-state index is 3.36. The topological polar surface area (TPSA) is 0 Å². The Bertz CT molecular complexity index is 197. The summed E-state index contributed by atoms with van der Waals surface area (Å²) in [6.07, 6.45) is 17.7. The predicted octanol–water partition coefficient (Wildman–Crippen LogP) is 5.03. The molecule has 0 saturated heterocycles. The molecule has 0 spiro atoms. The summed E-state index contributed by atoms with van der Waals surface area (Å²) in [6, 6.07) is 0. The second-order valence-corrected chi connectivity index (χ2v) is 7.97. The SMILES string of the molecule is PCCC(P)(C1CCCCC1)C1CCCCC1. The van der Waals surface area contributed by atoms with Gasteiger partial charge in [-0.2, -0.15) is 0 Å². The fourth-order valence-corrected chi connectivity index (χ4v) is 5.94. The normalized spacial score (nSPS) is 25.1. The molecular weight excluding hydrogens is 242 g/mol. The second kappa shape index (κ2) is 6.86. The number of hydrogen-bond donors (Lipinski definition) is 0. The van der Waals surface area contributed by atoms with Crippen LogP contribution in [0.4, 0.5) is 0 Å². The van der Waals surface area contributed by atoms with Crippen LogP contribution in [0.5, 0.6) is 0 Å². The Hall–Kier alpha value is 0.860. The van der Waals surface area contributed by atoms with Crippen LogP contribution in [0.2, 0.25) is 0 Å². The summed E-state index contributed by atoms with van der Waals surface area (Å²) < 4.78 is 0. The highest BCUT2D eigenvalue weighted by atomic mass is 31.0. The fraction of sp³-hybridized carbons (Fsp3) is 1.00. The lowest BCUT2D eigenvalue weighted by Crippen LogP contribution is -2.41. The van der Waals surface area contributed by atoms with Gasteiger partial charge in [-0.3, -0.25) is 0 Å². The average Bonchev–Trinajstić information content (AvgIpc) is 2.41. The first-order chi connectivity index (χ1) is 8.27. The van der Waals surface area contributed by atoms with Crippen LogP contribution in [0.25, 0.3) is 0 Å². The molecule has 0 aromatic rings. The predicted molar refractivity (Wildman–Crippen MR) is 84.8 cm³/mol. The number of rotatable bonds is 4. The van der Waals surface area contributed by atoms with Gasteiger partial charge in [0.25, 0.3) is 0 Å². The monoisotopic (exact) mass is 272 g/mol. The largest absolute Gasteiger partial charge is 0.138 e. The first-order valence-electron chi connectivity index (χ1n) is 7.76. The summed E-state index contributed by atoms with van der Waals surface area (Å²) in [6.45, 7) is 0. The lowest BCUT2D eigenvalue weighted by molar-refractivity contribution is 0.171. The van der Waals surface area contributed by atoms with E-state index < -0.39 is 0 Å². The third kappa shape index (κ3) is 3.45. The molecule has 2 fully saturated rings. The molecule has 0 aromatic carbocycles. The lowest BCUT2D eigenvalue weighted by Gasteiger charge is -2.47. The molecule has 2 unspecified atom stereocenters. The van der Waals surface area contributed by atoms with E-state index in [9.17, 15) is 0 Å². The minimum absolute atomic E-state index is 0.586. The van der Waals surface area contributed by atoms with E-state index in [0.29, 0.717) is 5.16 Å². The van der Waals surface area contributed by atoms with Crippen LogP contribution < -0.4 is 0 Å². The summed E-state index contributed by atoms with van der Waals surface area (Å²) in [7, 11) is 6.33. The van der Waals surface area contributed by atoms with E-state index in [4.69, 9.17) is 0 Å². The second-order valence-electron chi connectivity index (χ2n) is 6.32. The van der Waals surface area contributed by atoms with E-state index in [1.807, 2.05) is 0 Å². The van der Waals surface area contributed by atoms with Gasteiger partial charge in [-0.05, 0) is 55.3 Å². The molecule has 0 amide bonds. The van der Waals surface area contributed by atoms with Gasteiger partial charge in [0.15, 0.2) is 0 Å². The highest BCUT2D eigenvalue weighted by Gasteiger charge is 2.41. The van der Waals surface area contributed by atoms with Gasteiger partial charge in [-0.1, -0.05) is 38.5 Å². The first kappa shape index (κ1) is 14.3. The molecular formula is C15H30P2. The zero-order valence-corrected chi connectivity index (χ0v) is 13.6. The Morgan fingerprint density at radius 2 is 1.18 bits per heavy atom. The standard InChI is InChI=1S/C15H30P2/c16-12-11-15(17,13-7-3-1-4-8-13)14-9-5-2-6-10-14/h13-14H,1-12,16-17H2. The van der Waals surface area contributed by atoms with Crippen LogP contribution in [0.15, 0.2) is 0 Å². The highest BCUT2D eigenvalue weighted by molar-refractivity contribution is 7.19. The molecule has 0 bridgehead atoms. The smallest absolute Gasteiger partial charge is 0.00907 e. The Morgan fingerprint density at radius 3 is 1.53 bits per heavy atom. The minimum atomic E-state index is 0.586. The third-order valence-electron chi connectivity index (χ3n) is 5.31. The van der Waals surface area contributed by atoms with Gasteiger partial charge in [-0.25, -0.2) is 0 Å². The first-order valence-corrected chi connectivity index (χ1v) is 9.15. The van der Waals surface area contributed by atoms with Crippen molar-refractivity contribution in [3.05, 3.63) is 0 Å². The van der Waals surface area contributed by atoms with Gasteiger partial charge in [0.2, 0.25) is 0 Å². The molecule has 2 aliphatic carbocycles. The van der Waals surface area contributed by atoms with Crippen molar-refractivity contribution < 1.29 is 0 Å². The fourth-order valence-electron chi connectivity index (χ4n) is 4.27. The average molecular weight is 272 g/mol. The van der Waals surface area contributed by atoms with E-state index in [2.05, 4.69) is 18.5 Å². The minimum Gasteiger partial charge on any atom is -0.138 e. The van der Waals surface area contributed by atoms with Crippen molar-refractivity contribution >= 4 is 18.5 Å². The van der Waals surface area contributed by atoms with Crippen molar-refractivity contribution in [3.8, 4) is 0 Å². The van der Waals surface area contributed by atoms with Crippen molar-refractivity contribution in [1.82, 2.24) is 0 Å². The molecule has 2 saturated carbocycles. The zero-order chi connectivity index (χ0) is 12.1. The van der Waals surface area contributed by atoms with E-state index in [1.165, 1.54) is 76.8 Å². The van der Waals surface area contributed by atoms with Crippen LogP contribution in [-0.4, -0.2) is 11.3 Å². The maximum Gasteiger partial charge on any atom is -0.00907 e. The molecule has 0 heterocycles. The molecule has 2 atom stereocenters. The van der Waals surface area contributed by atoms with Crippen molar-refractivity contribution in [2.75, 3.05) is 6.16 Å². The molecule has 0 aromatic heterocycles. The molecule has 0 aliphatic heterocycles. The van der Waals surface area contributed by atoms with Crippen molar-refractivity contribution in [2.24, 2.45) is 11.8 Å². The molecule has 2 heteroatoms. The van der Waals surface area contributed by atoms with Gasteiger partial charge in [0.05, 0.1) is 0 Å². The van der Waals surface area contributed by atoms with Crippen LogP contribution in [0.1, 0.15) is 70.6 Å². The van der Waals surface area contributed by atoms with Gasteiger partial charge >= 0.3 is 0 Å². The Kier molecular flexibility index (Phi) is 5.76. The third-order valence-corrected chi connectivity index (χ3v) is 6.83. The van der Waals surface area contributed by atoms with Crippen molar-refractivity contribution in [2.45, 2.75) is 75.8 Å². The van der Waals surface area contributed by atoms with Crippen LogP contribution >= 0.6 is 18.5 Å². The zero-order valence-electron chi connectivity index (χ0n) is 11.3. The van der Waals surface area contributed by atoms with Crippen molar-refractivity contribution in [1.29, 1.82) is 0 Å².